The molecule has 0 saturated heterocycles. The summed E-state index contributed by atoms with van der Waals surface area (Å²) in [6, 6.07) is 13.1. The lowest BCUT2D eigenvalue weighted by Gasteiger charge is -2.10. The molecule has 0 aromatic heterocycles. The van der Waals surface area contributed by atoms with Gasteiger partial charge in [-0.15, -0.1) is 0 Å². The van der Waals surface area contributed by atoms with E-state index in [-0.39, 0.29) is 17.1 Å². The van der Waals surface area contributed by atoms with Crippen molar-refractivity contribution in [3.63, 3.8) is 0 Å². The van der Waals surface area contributed by atoms with E-state index in [4.69, 9.17) is 15.7 Å². The van der Waals surface area contributed by atoms with Crippen LogP contribution in [-0.2, 0) is 0 Å². The third kappa shape index (κ3) is 2.40. The zero-order chi connectivity index (χ0) is 13.0. The van der Waals surface area contributed by atoms with Crippen LogP contribution in [0.2, 0.25) is 0 Å². The lowest BCUT2D eigenvalue weighted by atomic mass is 10.1. The minimum Gasteiger partial charge on any atom is -0.456 e. The highest BCUT2D eigenvalue weighted by atomic mass is 19.1. The van der Waals surface area contributed by atoms with E-state index in [1.807, 2.05) is 6.07 Å². The van der Waals surface area contributed by atoms with Crippen LogP contribution in [0.1, 0.15) is 5.56 Å². The fourth-order valence-corrected chi connectivity index (χ4v) is 1.50. The normalized spacial score (nSPS) is 11.3. The average molecular weight is 246 g/mol. The van der Waals surface area contributed by atoms with Crippen molar-refractivity contribution in [1.29, 1.82) is 0 Å². The first-order valence-corrected chi connectivity index (χ1v) is 5.21. The van der Waals surface area contributed by atoms with E-state index >= 15 is 0 Å². The summed E-state index contributed by atoms with van der Waals surface area (Å²) < 4.78 is 19.1. The second-order valence-electron chi connectivity index (χ2n) is 3.51. The highest BCUT2D eigenvalue weighted by Crippen LogP contribution is 2.26. The SMILES string of the molecule is NC(=NO)c1c(F)cccc1Oc1ccccc1. The number of hydrogen-bond donors (Lipinski definition) is 2. The molecule has 0 bridgehead atoms. The smallest absolute Gasteiger partial charge is 0.176 e. The summed E-state index contributed by atoms with van der Waals surface area (Å²) in [5.41, 5.74) is 5.36. The minimum absolute atomic E-state index is 0.0659. The fraction of sp³-hybridized carbons (Fsp3) is 0. The van der Waals surface area contributed by atoms with Crippen LogP contribution in [0.3, 0.4) is 0 Å². The maximum atomic E-state index is 13.6. The number of nitrogens with two attached hydrogens (primary N) is 1. The molecule has 3 N–H and O–H groups in total. The molecule has 4 nitrogen and oxygen atoms in total. The zero-order valence-electron chi connectivity index (χ0n) is 9.38. The van der Waals surface area contributed by atoms with E-state index in [9.17, 15) is 4.39 Å². The summed E-state index contributed by atoms with van der Waals surface area (Å²) in [4.78, 5) is 0. The molecule has 0 atom stereocenters. The molecule has 0 heterocycles. The van der Waals surface area contributed by atoms with Crippen molar-refractivity contribution >= 4 is 5.84 Å². The van der Waals surface area contributed by atoms with E-state index in [0.29, 0.717) is 5.75 Å². The van der Waals surface area contributed by atoms with Crippen molar-refractivity contribution in [3.05, 3.63) is 59.9 Å². The van der Waals surface area contributed by atoms with Gasteiger partial charge in [0.15, 0.2) is 5.84 Å². The van der Waals surface area contributed by atoms with E-state index in [2.05, 4.69) is 5.16 Å². The number of nitrogens with zero attached hydrogens (tertiary/aromatic N) is 1. The number of rotatable bonds is 3. The van der Waals surface area contributed by atoms with Crippen molar-refractivity contribution < 1.29 is 14.3 Å². The zero-order valence-corrected chi connectivity index (χ0v) is 9.38. The van der Waals surface area contributed by atoms with Crippen LogP contribution in [0.25, 0.3) is 0 Å². The Morgan fingerprint density at radius 3 is 2.50 bits per heavy atom. The van der Waals surface area contributed by atoms with Gasteiger partial charge < -0.3 is 15.7 Å². The number of benzene rings is 2. The van der Waals surface area contributed by atoms with E-state index in [1.54, 1.807) is 30.3 Å². The van der Waals surface area contributed by atoms with Gasteiger partial charge in [-0.3, -0.25) is 0 Å². The number of halogens is 1. The van der Waals surface area contributed by atoms with Gasteiger partial charge in [0.25, 0.3) is 0 Å². The maximum Gasteiger partial charge on any atom is 0.176 e. The Labute approximate surface area is 103 Å². The Morgan fingerprint density at radius 1 is 1.11 bits per heavy atom. The standard InChI is InChI=1S/C13H11FN2O2/c14-10-7-4-8-11(12(10)13(15)16-17)18-9-5-2-1-3-6-9/h1-8,17H,(H2,15,16). The molecule has 0 unspecified atom stereocenters. The summed E-state index contributed by atoms with van der Waals surface area (Å²) in [6.07, 6.45) is 0. The second kappa shape index (κ2) is 5.18. The highest BCUT2D eigenvalue weighted by Gasteiger charge is 2.14. The quantitative estimate of drug-likeness (QED) is 0.378. The lowest BCUT2D eigenvalue weighted by Crippen LogP contribution is -2.16. The number of oxime groups is 1. The number of hydrogen-bond acceptors (Lipinski definition) is 3. The summed E-state index contributed by atoms with van der Waals surface area (Å²) in [6.45, 7) is 0. The molecule has 0 saturated carbocycles. The first-order valence-electron chi connectivity index (χ1n) is 5.21. The Balaban J connectivity index is 2.42. The van der Waals surface area contributed by atoms with Crippen LogP contribution < -0.4 is 10.5 Å². The molecule has 18 heavy (non-hydrogen) atoms. The summed E-state index contributed by atoms with van der Waals surface area (Å²) >= 11 is 0. The summed E-state index contributed by atoms with van der Waals surface area (Å²) in [7, 11) is 0. The van der Waals surface area contributed by atoms with Gasteiger partial charge >= 0.3 is 0 Å². The topological polar surface area (TPSA) is 67.8 Å². The van der Waals surface area contributed by atoms with E-state index in [0.717, 1.165) is 0 Å². The van der Waals surface area contributed by atoms with Crippen molar-refractivity contribution in [2.24, 2.45) is 10.9 Å². The van der Waals surface area contributed by atoms with Crippen LogP contribution in [-0.4, -0.2) is 11.0 Å². The molecule has 0 aliphatic rings. The van der Waals surface area contributed by atoms with Gasteiger partial charge in [0, 0.05) is 0 Å². The minimum atomic E-state index is -0.612. The first-order chi connectivity index (χ1) is 8.72. The van der Waals surface area contributed by atoms with E-state index in [1.165, 1.54) is 12.1 Å². The van der Waals surface area contributed by atoms with Crippen molar-refractivity contribution in [1.82, 2.24) is 0 Å². The van der Waals surface area contributed by atoms with Gasteiger partial charge in [-0.2, -0.15) is 0 Å². The Bertz CT molecular complexity index is 570. The molecule has 2 rings (SSSR count). The van der Waals surface area contributed by atoms with Gasteiger partial charge in [-0.1, -0.05) is 29.4 Å². The third-order valence-electron chi connectivity index (χ3n) is 2.31. The Hall–Kier alpha value is -2.56. The molecule has 2 aromatic carbocycles. The van der Waals surface area contributed by atoms with Gasteiger partial charge in [0.2, 0.25) is 0 Å². The molecule has 0 aliphatic heterocycles. The first kappa shape index (κ1) is 11.9. The molecule has 0 fully saturated rings. The van der Waals surface area contributed by atoms with Crippen molar-refractivity contribution in [3.8, 4) is 11.5 Å². The number of amidine groups is 1. The number of ether oxygens (including phenoxy) is 1. The molecule has 5 heteroatoms. The molecule has 92 valence electrons. The van der Waals surface area contributed by atoms with Crippen LogP contribution in [0.4, 0.5) is 4.39 Å². The fourth-order valence-electron chi connectivity index (χ4n) is 1.50. The predicted octanol–water partition coefficient (Wildman–Crippen LogP) is 2.71. The summed E-state index contributed by atoms with van der Waals surface area (Å²) in [5.74, 6) is -0.218. The van der Waals surface area contributed by atoms with Crippen molar-refractivity contribution in [2.45, 2.75) is 0 Å². The van der Waals surface area contributed by atoms with Crippen LogP contribution >= 0.6 is 0 Å². The van der Waals surface area contributed by atoms with E-state index < -0.39 is 5.82 Å². The van der Waals surface area contributed by atoms with Crippen LogP contribution in [0.5, 0.6) is 11.5 Å². The largest absolute Gasteiger partial charge is 0.456 e. The average Bonchev–Trinajstić information content (AvgIpc) is 2.39. The molecule has 0 amide bonds. The lowest BCUT2D eigenvalue weighted by molar-refractivity contribution is 0.318. The Kier molecular flexibility index (Phi) is 3.43. The molecule has 0 aliphatic carbocycles. The van der Waals surface area contributed by atoms with Crippen molar-refractivity contribution in [2.75, 3.05) is 0 Å². The van der Waals surface area contributed by atoms with Gasteiger partial charge in [-0.25, -0.2) is 4.39 Å². The number of para-hydroxylation sites is 1. The van der Waals surface area contributed by atoms with Gasteiger partial charge in [0.05, 0.1) is 5.56 Å². The molecule has 0 radical (unpaired) electrons. The highest BCUT2D eigenvalue weighted by molar-refractivity contribution is 5.99. The third-order valence-corrected chi connectivity index (χ3v) is 2.31. The predicted molar refractivity (Wildman–Crippen MR) is 65.4 cm³/mol. The van der Waals surface area contributed by atoms with Crippen LogP contribution in [0, 0.1) is 5.82 Å². The van der Waals surface area contributed by atoms with Gasteiger partial charge in [-0.05, 0) is 24.3 Å². The molecule has 0 spiro atoms. The molecular weight excluding hydrogens is 235 g/mol. The Morgan fingerprint density at radius 2 is 1.83 bits per heavy atom. The monoisotopic (exact) mass is 246 g/mol. The molecule has 2 aromatic rings. The second-order valence-corrected chi connectivity index (χ2v) is 3.51. The van der Waals surface area contributed by atoms with Gasteiger partial charge in [0.1, 0.15) is 17.3 Å². The summed E-state index contributed by atoms with van der Waals surface area (Å²) in [5, 5.41) is 11.4. The van der Waals surface area contributed by atoms with Crippen LogP contribution in [0.15, 0.2) is 53.7 Å². The molecular formula is C13H11FN2O2. The maximum absolute atomic E-state index is 13.6.